The average molecular weight is 571 g/mol. The summed E-state index contributed by atoms with van der Waals surface area (Å²) in [5, 5.41) is 0.00232. The Hall–Kier alpha value is -1.69. The molecule has 2 aromatic rings. The molecule has 1 saturated carbocycles. The lowest BCUT2D eigenvalue weighted by molar-refractivity contribution is -0.151. The summed E-state index contributed by atoms with van der Waals surface area (Å²) in [7, 11) is -2.12. The predicted octanol–water partition coefficient (Wildman–Crippen LogP) is 7.62. The van der Waals surface area contributed by atoms with Crippen molar-refractivity contribution in [2.24, 2.45) is 5.92 Å². The summed E-state index contributed by atoms with van der Waals surface area (Å²) in [6.07, 6.45) is 0.885. The van der Waals surface area contributed by atoms with Crippen LogP contribution in [0.15, 0.2) is 42.5 Å². The molecule has 6 nitrogen and oxygen atoms in total. The molecular formula is C31H46O6Si2. The van der Waals surface area contributed by atoms with Gasteiger partial charge in [0.05, 0.1) is 21.3 Å². The SMILES string of the molecule is CO[C@]1(C2([Si](C)(C)C)CC2COCOCc2ccccc2)c2c(ccc3c2OCO3)[C@@H]1O[Si](C)(C)C(C)(C)C. The lowest BCUT2D eigenvalue weighted by Gasteiger charge is -2.60. The minimum atomic E-state index is -2.13. The Labute approximate surface area is 236 Å². The summed E-state index contributed by atoms with van der Waals surface area (Å²) >= 11 is 0. The molecule has 5 rings (SSSR count). The van der Waals surface area contributed by atoms with Crippen molar-refractivity contribution in [3.8, 4) is 11.5 Å². The molecule has 2 aliphatic carbocycles. The van der Waals surface area contributed by atoms with Gasteiger partial charge in [0.15, 0.2) is 19.8 Å². The largest absolute Gasteiger partial charge is 0.454 e. The van der Waals surface area contributed by atoms with Gasteiger partial charge in [-0.05, 0) is 47.7 Å². The van der Waals surface area contributed by atoms with E-state index in [1.165, 1.54) is 5.56 Å². The molecule has 0 amide bonds. The molecule has 0 N–H and O–H groups in total. The van der Waals surface area contributed by atoms with Crippen molar-refractivity contribution in [2.45, 2.75) is 88.3 Å². The van der Waals surface area contributed by atoms with Gasteiger partial charge in [-0.15, -0.1) is 0 Å². The Bertz CT molecular complexity index is 1190. The highest BCUT2D eigenvalue weighted by atomic mass is 28.4. The van der Waals surface area contributed by atoms with E-state index in [0.717, 1.165) is 29.0 Å². The van der Waals surface area contributed by atoms with Crippen LogP contribution >= 0.6 is 0 Å². The topological polar surface area (TPSA) is 55.4 Å². The average Bonchev–Trinajstić information content (AvgIpc) is 3.41. The molecule has 39 heavy (non-hydrogen) atoms. The number of hydrogen-bond donors (Lipinski definition) is 0. The van der Waals surface area contributed by atoms with Crippen LogP contribution in [0.25, 0.3) is 0 Å². The summed E-state index contributed by atoms with van der Waals surface area (Å²) in [5.74, 6) is 1.98. The van der Waals surface area contributed by atoms with Gasteiger partial charge in [0.2, 0.25) is 6.79 Å². The Morgan fingerprint density at radius 2 is 1.67 bits per heavy atom. The first kappa shape index (κ1) is 28.8. The third-order valence-electron chi connectivity index (χ3n) is 9.84. The Morgan fingerprint density at radius 3 is 2.31 bits per heavy atom. The lowest BCUT2D eigenvalue weighted by Crippen LogP contribution is -2.60. The van der Waals surface area contributed by atoms with Gasteiger partial charge in [-0.25, -0.2) is 0 Å². The Kier molecular flexibility index (Phi) is 7.39. The van der Waals surface area contributed by atoms with Crippen LogP contribution in [0.5, 0.6) is 11.5 Å². The van der Waals surface area contributed by atoms with E-state index in [2.05, 4.69) is 71.7 Å². The normalized spacial score (nSPS) is 27.7. The third kappa shape index (κ3) is 4.52. The molecular weight excluding hydrogens is 525 g/mol. The first-order valence-corrected chi connectivity index (χ1v) is 20.6. The van der Waals surface area contributed by atoms with Gasteiger partial charge in [-0.1, -0.05) is 76.8 Å². The standard InChI is InChI=1S/C31H46O6Si2/c1-29(2,3)39(8,9)37-28-24-15-16-25-27(36-21-35-25)26(24)31(28,32-4)30(38(5,6)7)17-23(30)19-34-20-33-18-22-13-11-10-12-14-22/h10-16,23,28H,17-21H2,1-9H3/t23?,28-,30?,31+/m0/s1. The molecule has 8 heteroatoms. The van der Waals surface area contributed by atoms with Crippen molar-refractivity contribution >= 4 is 16.4 Å². The highest BCUT2D eigenvalue weighted by Gasteiger charge is 2.80. The highest BCUT2D eigenvalue weighted by molar-refractivity contribution is 6.80. The predicted molar refractivity (Wildman–Crippen MR) is 158 cm³/mol. The van der Waals surface area contributed by atoms with Gasteiger partial charge in [0.1, 0.15) is 18.5 Å². The molecule has 0 bridgehead atoms. The zero-order valence-electron chi connectivity index (χ0n) is 25.2. The van der Waals surface area contributed by atoms with Gasteiger partial charge in [-0.3, -0.25) is 0 Å². The second-order valence-corrected chi connectivity index (χ2v) is 24.1. The number of benzene rings is 2. The maximum Gasteiger partial charge on any atom is 0.231 e. The maximum absolute atomic E-state index is 7.27. The van der Waals surface area contributed by atoms with Gasteiger partial charge in [0.25, 0.3) is 0 Å². The highest BCUT2D eigenvalue weighted by Crippen LogP contribution is 2.83. The molecule has 4 atom stereocenters. The van der Waals surface area contributed by atoms with Gasteiger partial charge < -0.3 is 28.1 Å². The zero-order valence-corrected chi connectivity index (χ0v) is 27.2. The number of methoxy groups -OCH3 is 1. The van der Waals surface area contributed by atoms with Crippen LogP contribution in [0, 0.1) is 5.92 Å². The first-order chi connectivity index (χ1) is 18.3. The van der Waals surface area contributed by atoms with Gasteiger partial charge in [0, 0.05) is 17.7 Å². The van der Waals surface area contributed by atoms with E-state index in [0.29, 0.717) is 19.1 Å². The molecule has 0 saturated heterocycles. The van der Waals surface area contributed by atoms with E-state index < -0.39 is 22.0 Å². The quantitative estimate of drug-likeness (QED) is 0.157. The van der Waals surface area contributed by atoms with Crippen molar-refractivity contribution in [3.05, 3.63) is 59.2 Å². The molecule has 214 valence electrons. The summed E-state index contributed by atoms with van der Waals surface area (Å²) in [5.41, 5.74) is 2.85. The van der Waals surface area contributed by atoms with E-state index in [-0.39, 0.29) is 29.8 Å². The Balaban J connectivity index is 1.45. The molecule has 2 aromatic carbocycles. The van der Waals surface area contributed by atoms with Crippen LogP contribution in [0.2, 0.25) is 42.8 Å². The van der Waals surface area contributed by atoms with Crippen LogP contribution < -0.4 is 9.47 Å². The Morgan fingerprint density at radius 1 is 0.949 bits per heavy atom. The summed E-state index contributed by atoms with van der Waals surface area (Å²) in [4.78, 5) is 0. The van der Waals surface area contributed by atoms with Crippen LogP contribution in [0.3, 0.4) is 0 Å². The zero-order chi connectivity index (χ0) is 28.3. The van der Waals surface area contributed by atoms with Crippen LogP contribution in [-0.4, -0.2) is 43.7 Å². The lowest BCUT2D eigenvalue weighted by atomic mass is 9.66. The van der Waals surface area contributed by atoms with E-state index >= 15 is 0 Å². The molecule has 0 spiro atoms. The first-order valence-electron chi connectivity index (χ1n) is 14.2. The fourth-order valence-electron chi connectivity index (χ4n) is 6.77. The van der Waals surface area contributed by atoms with Crippen LogP contribution in [0.4, 0.5) is 0 Å². The summed E-state index contributed by atoms with van der Waals surface area (Å²) in [6, 6.07) is 14.4. The van der Waals surface area contributed by atoms with E-state index in [4.69, 9.17) is 28.1 Å². The van der Waals surface area contributed by atoms with Crippen molar-refractivity contribution in [3.63, 3.8) is 0 Å². The van der Waals surface area contributed by atoms with Crippen LogP contribution in [-0.2, 0) is 30.8 Å². The van der Waals surface area contributed by atoms with E-state index in [9.17, 15) is 0 Å². The fourth-order valence-corrected chi connectivity index (χ4v) is 11.6. The summed E-state index contributed by atoms with van der Waals surface area (Å²) in [6.45, 7) is 20.6. The van der Waals surface area contributed by atoms with Crippen molar-refractivity contribution in [1.29, 1.82) is 0 Å². The molecule has 1 fully saturated rings. The molecule has 1 heterocycles. The number of rotatable bonds is 11. The minimum Gasteiger partial charge on any atom is -0.454 e. The van der Waals surface area contributed by atoms with Gasteiger partial charge in [-0.2, -0.15) is 0 Å². The fraction of sp³-hybridized carbons (Fsp3) is 0.613. The second kappa shape index (κ2) is 9.99. The van der Waals surface area contributed by atoms with Crippen molar-refractivity contribution in [1.82, 2.24) is 0 Å². The van der Waals surface area contributed by atoms with Crippen LogP contribution in [0.1, 0.15) is 50.0 Å². The van der Waals surface area contributed by atoms with Crippen molar-refractivity contribution < 1.29 is 28.1 Å². The monoisotopic (exact) mass is 570 g/mol. The summed E-state index contributed by atoms with van der Waals surface area (Å²) < 4.78 is 38.0. The molecule has 1 aliphatic heterocycles. The molecule has 3 aliphatic rings. The minimum absolute atomic E-state index is 0.0741. The van der Waals surface area contributed by atoms with E-state index in [1.54, 1.807) is 0 Å². The van der Waals surface area contributed by atoms with E-state index in [1.807, 2.05) is 31.4 Å². The third-order valence-corrected chi connectivity index (χ3v) is 17.9. The smallest absolute Gasteiger partial charge is 0.231 e. The molecule has 0 aromatic heterocycles. The number of ether oxygens (including phenoxy) is 5. The van der Waals surface area contributed by atoms with Gasteiger partial charge >= 0.3 is 0 Å². The number of hydrogen-bond acceptors (Lipinski definition) is 6. The number of fused-ring (bicyclic) bond motifs is 3. The van der Waals surface area contributed by atoms with Crippen molar-refractivity contribution in [2.75, 3.05) is 27.3 Å². The second-order valence-electron chi connectivity index (χ2n) is 13.9. The molecule has 0 radical (unpaired) electrons. The molecule has 2 unspecified atom stereocenters. The maximum atomic E-state index is 7.27.